The number of benzene rings is 1. The molecule has 1 amide bonds. The minimum atomic E-state index is -3.60. The van der Waals surface area contributed by atoms with Crippen molar-refractivity contribution in [3.8, 4) is 0 Å². The largest absolute Gasteiger partial charge is 0.480 e. The molecule has 0 aliphatic carbocycles. The van der Waals surface area contributed by atoms with Crippen LogP contribution in [0, 0.1) is 5.92 Å². The molecule has 0 heterocycles. The summed E-state index contributed by atoms with van der Waals surface area (Å²) in [6, 6.07) is 8.82. The number of nitrogens with one attached hydrogen (secondary N) is 1. The zero-order chi connectivity index (χ0) is 18.9. The molecule has 0 spiro atoms. The van der Waals surface area contributed by atoms with Gasteiger partial charge < -0.3 is 15.3 Å². The van der Waals surface area contributed by atoms with Gasteiger partial charge in [0.25, 0.3) is 0 Å². The number of carboxylic acids is 1. The molecule has 0 aromatic heterocycles. The summed E-state index contributed by atoms with van der Waals surface area (Å²) in [7, 11) is -3.60. The van der Waals surface area contributed by atoms with Crippen LogP contribution in [0.3, 0.4) is 0 Å². The SMILES string of the molecule is CC[C@H](C)[C@H](NC(=O)CP(=O)(O)CCCCc1ccccc1)C(=O)O. The molecule has 25 heavy (non-hydrogen) atoms. The van der Waals surface area contributed by atoms with Crippen LogP contribution < -0.4 is 5.32 Å². The highest BCUT2D eigenvalue weighted by atomic mass is 31.2. The Balaban J connectivity index is 2.41. The van der Waals surface area contributed by atoms with E-state index in [0.29, 0.717) is 12.8 Å². The third-order valence-corrected chi connectivity index (χ3v) is 6.05. The Kier molecular flexibility index (Phi) is 8.87. The molecule has 0 saturated heterocycles. The van der Waals surface area contributed by atoms with E-state index in [0.717, 1.165) is 12.8 Å². The van der Waals surface area contributed by atoms with Crippen LogP contribution >= 0.6 is 7.37 Å². The third kappa shape index (κ3) is 8.32. The highest BCUT2D eigenvalue weighted by molar-refractivity contribution is 7.58. The van der Waals surface area contributed by atoms with Gasteiger partial charge in [-0.2, -0.15) is 0 Å². The van der Waals surface area contributed by atoms with E-state index in [4.69, 9.17) is 5.11 Å². The fourth-order valence-electron chi connectivity index (χ4n) is 2.54. The van der Waals surface area contributed by atoms with Crippen molar-refractivity contribution in [2.45, 2.75) is 45.6 Å². The fraction of sp³-hybridized carbons (Fsp3) is 0.556. The standard InChI is InChI=1S/C18H28NO5P/c1-3-14(2)17(18(21)22)19-16(20)13-25(23,24)12-8-7-11-15-9-5-4-6-10-15/h4-6,9-10,14,17H,3,7-8,11-13H2,1-2H3,(H,19,20)(H,21,22)(H,23,24)/t14-,17-/m0/s1. The molecule has 0 fully saturated rings. The first-order valence-corrected chi connectivity index (χ1v) is 10.6. The first kappa shape index (κ1) is 21.4. The van der Waals surface area contributed by atoms with Gasteiger partial charge in [0.1, 0.15) is 12.2 Å². The van der Waals surface area contributed by atoms with E-state index in [1.807, 2.05) is 37.3 Å². The topological polar surface area (TPSA) is 104 Å². The van der Waals surface area contributed by atoms with Gasteiger partial charge in [-0.15, -0.1) is 0 Å². The van der Waals surface area contributed by atoms with Gasteiger partial charge in [0.2, 0.25) is 13.3 Å². The number of carbonyl (C=O) groups is 2. The maximum atomic E-state index is 12.2. The fourth-order valence-corrected chi connectivity index (χ4v) is 3.95. The maximum absolute atomic E-state index is 12.2. The molecular formula is C18H28NO5P. The van der Waals surface area contributed by atoms with Gasteiger partial charge in [0.05, 0.1) is 0 Å². The van der Waals surface area contributed by atoms with Gasteiger partial charge in [-0.1, -0.05) is 50.6 Å². The van der Waals surface area contributed by atoms with E-state index in [1.165, 1.54) is 5.56 Å². The molecule has 3 atom stereocenters. The van der Waals surface area contributed by atoms with Crippen molar-refractivity contribution >= 4 is 19.2 Å². The van der Waals surface area contributed by atoms with Gasteiger partial charge in [-0.05, 0) is 30.7 Å². The van der Waals surface area contributed by atoms with Crippen molar-refractivity contribution in [1.82, 2.24) is 5.32 Å². The molecule has 1 aromatic carbocycles. The Morgan fingerprint density at radius 2 is 1.84 bits per heavy atom. The zero-order valence-electron chi connectivity index (χ0n) is 14.9. The van der Waals surface area contributed by atoms with Gasteiger partial charge in [0, 0.05) is 6.16 Å². The zero-order valence-corrected chi connectivity index (χ0v) is 15.7. The summed E-state index contributed by atoms with van der Waals surface area (Å²) in [5.41, 5.74) is 1.17. The highest BCUT2D eigenvalue weighted by Crippen LogP contribution is 2.41. The number of hydrogen-bond donors (Lipinski definition) is 3. The van der Waals surface area contributed by atoms with Crippen LogP contribution in [-0.2, 0) is 20.6 Å². The van der Waals surface area contributed by atoms with Crippen LogP contribution in [0.4, 0.5) is 0 Å². The van der Waals surface area contributed by atoms with E-state index in [9.17, 15) is 19.0 Å². The van der Waals surface area contributed by atoms with Crippen LogP contribution in [0.15, 0.2) is 30.3 Å². The smallest absolute Gasteiger partial charge is 0.326 e. The number of rotatable bonds is 11. The van der Waals surface area contributed by atoms with Gasteiger partial charge >= 0.3 is 5.97 Å². The van der Waals surface area contributed by atoms with Crippen molar-refractivity contribution in [3.63, 3.8) is 0 Å². The lowest BCUT2D eigenvalue weighted by Gasteiger charge is -2.21. The van der Waals surface area contributed by atoms with Crippen molar-refractivity contribution in [2.75, 3.05) is 12.3 Å². The third-order valence-electron chi connectivity index (χ3n) is 4.25. The molecule has 0 aliphatic heterocycles. The first-order chi connectivity index (χ1) is 11.7. The number of carbonyl (C=O) groups excluding carboxylic acids is 1. The number of carboxylic acid groups (broad SMARTS) is 1. The summed E-state index contributed by atoms with van der Waals surface area (Å²) in [5, 5.41) is 11.5. The predicted octanol–water partition coefficient (Wildman–Crippen LogP) is 2.90. The van der Waals surface area contributed by atoms with Crippen LogP contribution in [-0.4, -0.2) is 40.2 Å². The van der Waals surface area contributed by atoms with E-state index in [1.54, 1.807) is 6.92 Å². The summed E-state index contributed by atoms with van der Waals surface area (Å²) < 4.78 is 12.2. The number of aliphatic carboxylic acids is 1. The molecular weight excluding hydrogens is 341 g/mol. The predicted molar refractivity (Wildman–Crippen MR) is 98.0 cm³/mol. The Morgan fingerprint density at radius 1 is 1.20 bits per heavy atom. The van der Waals surface area contributed by atoms with E-state index < -0.39 is 31.4 Å². The molecule has 3 N–H and O–H groups in total. The lowest BCUT2D eigenvalue weighted by molar-refractivity contribution is -0.143. The second kappa shape index (κ2) is 10.4. The normalized spacial score (nSPS) is 15.8. The van der Waals surface area contributed by atoms with E-state index in [2.05, 4.69) is 5.32 Å². The molecule has 1 unspecified atom stereocenters. The van der Waals surface area contributed by atoms with Crippen LogP contribution in [0.25, 0.3) is 0 Å². The van der Waals surface area contributed by atoms with Crippen LogP contribution in [0.2, 0.25) is 0 Å². The molecule has 0 bridgehead atoms. The number of unbranched alkanes of at least 4 members (excludes halogenated alkanes) is 1. The number of aryl methyl sites for hydroxylation is 1. The average molecular weight is 369 g/mol. The highest BCUT2D eigenvalue weighted by Gasteiger charge is 2.28. The second-order valence-electron chi connectivity index (χ2n) is 6.44. The summed E-state index contributed by atoms with van der Waals surface area (Å²) in [6.07, 6.45) is 2.26. The minimum absolute atomic E-state index is 0.0638. The molecule has 0 saturated carbocycles. The monoisotopic (exact) mass is 369 g/mol. The minimum Gasteiger partial charge on any atom is -0.480 e. The lowest BCUT2D eigenvalue weighted by atomic mass is 9.99. The molecule has 0 aliphatic rings. The molecule has 140 valence electrons. The molecule has 7 heteroatoms. The second-order valence-corrected chi connectivity index (χ2v) is 8.90. The summed E-state index contributed by atoms with van der Waals surface area (Å²) >= 11 is 0. The first-order valence-electron chi connectivity index (χ1n) is 8.62. The number of amides is 1. The van der Waals surface area contributed by atoms with Crippen molar-refractivity contribution < 1.29 is 24.2 Å². The van der Waals surface area contributed by atoms with Crippen molar-refractivity contribution in [1.29, 1.82) is 0 Å². The summed E-state index contributed by atoms with van der Waals surface area (Å²) in [5.74, 6) is -2.05. The lowest BCUT2D eigenvalue weighted by Crippen LogP contribution is -2.46. The molecule has 1 aromatic rings. The Bertz CT molecular complexity index is 605. The molecule has 6 nitrogen and oxygen atoms in total. The Hall–Kier alpha value is -1.65. The Labute approximate surface area is 149 Å². The molecule has 0 radical (unpaired) electrons. The maximum Gasteiger partial charge on any atom is 0.326 e. The number of hydrogen-bond acceptors (Lipinski definition) is 3. The van der Waals surface area contributed by atoms with E-state index >= 15 is 0 Å². The quantitative estimate of drug-likeness (QED) is 0.411. The van der Waals surface area contributed by atoms with Gasteiger partial charge in [-0.25, -0.2) is 4.79 Å². The van der Waals surface area contributed by atoms with Crippen LogP contribution in [0.1, 0.15) is 38.7 Å². The molecule has 1 rings (SSSR count). The van der Waals surface area contributed by atoms with Crippen LogP contribution in [0.5, 0.6) is 0 Å². The average Bonchev–Trinajstić information content (AvgIpc) is 2.56. The Morgan fingerprint density at radius 3 is 2.40 bits per heavy atom. The van der Waals surface area contributed by atoms with Gasteiger partial charge in [-0.3, -0.25) is 9.36 Å². The summed E-state index contributed by atoms with van der Waals surface area (Å²) in [6.45, 7) is 3.55. The van der Waals surface area contributed by atoms with Crippen molar-refractivity contribution in [3.05, 3.63) is 35.9 Å². The van der Waals surface area contributed by atoms with Crippen molar-refractivity contribution in [2.24, 2.45) is 5.92 Å². The van der Waals surface area contributed by atoms with E-state index in [-0.39, 0.29) is 12.1 Å². The van der Waals surface area contributed by atoms with Gasteiger partial charge in [0.15, 0.2) is 0 Å². The summed E-state index contributed by atoms with van der Waals surface area (Å²) in [4.78, 5) is 33.1.